The van der Waals surface area contributed by atoms with Gasteiger partial charge in [-0.05, 0) is 53.5 Å². The first-order valence-corrected chi connectivity index (χ1v) is 9.51. The molecule has 6 heteroatoms. The average molecular weight is 410 g/mol. The molecule has 0 aliphatic heterocycles. The molecule has 0 bridgehead atoms. The zero-order valence-electron chi connectivity index (χ0n) is 15.9. The zero-order chi connectivity index (χ0) is 20.8. The van der Waals surface area contributed by atoms with Crippen molar-refractivity contribution in [2.24, 2.45) is 0 Å². The van der Waals surface area contributed by atoms with Crippen LogP contribution >= 0.6 is 11.6 Å². The first kappa shape index (κ1) is 20.6. The van der Waals surface area contributed by atoms with E-state index in [2.05, 4.69) is 10.3 Å². The maximum atomic E-state index is 13.1. The van der Waals surface area contributed by atoms with Crippen molar-refractivity contribution in [1.82, 2.24) is 10.3 Å². The van der Waals surface area contributed by atoms with Crippen LogP contribution in [0.4, 0.5) is 10.1 Å². The van der Waals surface area contributed by atoms with Gasteiger partial charge in [0.25, 0.3) is 0 Å². The monoisotopic (exact) mass is 409 g/mol. The molecule has 0 saturated carbocycles. The number of para-hydroxylation sites is 1. The Balaban J connectivity index is 1.70. The number of nitrogens with zero attached hydrogens (tertiary/aromatic N) is 1. The summed E-state index contributed by atoms with van der Waals surface area (Å²) < 4.78 is 13.1. The summed E-state index contributed by atoms with van der Waals surface area (Å²) >= 11 is 5.98. The lowest BCUT2D eigenvalue weighted by atomic mass is 9.98. The predicted molar refractivity (Wildman–Crippen MR) is 115 cm³/mol. The minimum atomic E-state index is -0.424. The molecule has 3 N–H and O–H groups in total. The predicted octanol–water partition coefficient (Wildman–Crippen LogP) is 4.94. The van der Waals surface area contributed by atoms with Crippen molar-refractivity contribution >= 4 is 29.3 Å². The second-order valence-corrected chi connectivity index (χ2v) is 7.09. The number of rotatable bonds is 6. The van der Waals surface area contributed by atoms with Crippen molar-refractivity contribution in [3.05, 3.63) is 100 Å². The fraction of sp³-hybridized carbons (Fsp3) is 0.130. The molecule has 148 valence electrons. The fourth-order valence-corrected chi connectivity index (χ4v) is 3.26. The second-order valence-electron chi connectivity index (χ2n) is 6.69. The van der Waals surface area contributed by atoms with Crippen molar-refractivity contribution in [2.45, 2.75) is 19.4 Å². The number of carbonyl (C=O) groups excluding carboxylic acids is 1. The Labute approximate surface area is 174 Å². The minimum Gasteiger partial charge on any atom is -0.398 e. The highest BCUT2D eigenvalue weighted by molar-refractivity contribution is 6.32. The van der Waals surface area contributed by atoms with Crippen LogP contribution in [0.1, 0.15) is 35.2 Å². The highest BCUT2D eigenvalue weighted by Crippen LogP contribution is 2.26. The molecular weight excluding hydrogens is 389 g/mol. The van der Waals surface area contributed by atoms with Crippen LogP contribution in [-0.4, -0.2) is 10.9 Å². The summed E-state index contributed by atoms with van der Waals surface area (Å²) in [5.41, 5.74) is 10.5. The van der Waals surface area contributed by atoms with E-state index >= 15 is 0 Å². The largest absolute Gasteiger partial charge is 0.398 e. The van der Waals surface area contributed by atoms with E-state index in [1.807, 2.05) is 43.5 Å². The second kappa shape index (κ2) is 9.34. The van der Waals surface area contributed by atoms with Gasteiger partial charge >= 0.3 is 0 Å². The number of anilines is 1. The maximum Gasteiger partial charge on any atom is 0.244 e. The lowest BCUT2D eigenvalue weighted by molar-refractivity contribution is -0.117. The van der Waals surface area contributed by atoms with Crippen LogP contribution < -0.4 is 11.1 Å². The number of benzene rings is 2. The summed E-state index contributed by atoms with van der Waals surface area (Å²) in [6.07, 6.45) is 7.12. The molecule has 1 aromatic heterocycles. The number of pyridine rings is 1. The van der Waals surface area contributed by atoms with Gasteiger partial charge in [-0.15, -0.1) is 0 Å². The molecule has 1 atom stereocenters. The number of amides is 1. The summed E-state index contributed by atoms with van der Waals surface area (Å²) in [5.74, 6) is -0.721. The van der Waals surface area contributed by atoms with Gasteiger partial charge in [0.05, 0.1) is 11.1 Å². The molecule has 2 aromatic carbocycles. The van der Waals surface area contributed by atoms with Crippen molar-refractivity contribution in [3.63, 3.8) is 0 Å². The lowest BCUT2D eigenvalue weighted by Gasteiger charge is -2.18. The van der Waals surface area contributed by atoms with Crippen LogP contribution in [0, 0.1) is 5.82 Å². The van der Waals surface area contributed by atoms with Gasteiger partial charge < -0.3 is 11.1 Å². The van der Waals surface area contributed by atoms with Gasteiger partial charge in [-0.3, -0.25) is 9.78 Å². The Hall–Kier alpha value is -3.18. The Morgan fingerprint density at radius 1 is 1.28 bits per heavy atom. The van der Waals surface area contributed by atoms with Gasteiger partial charge in [0.1, 0.15) is 5.82 Å². The third-order valence-corrected chi connectivity index (χ3v) is 4.88. The van der Waals surface area contributed by atoms with E-state index in [1.54, 1.807) is 12.3 Å². The Morgan fingerprint density at radius 3 is 2.83 bits per heavy atom. The van der Waals surface area contributed by atoms with Crippen LogP contribution in [0.25, 0.3) is 6.08 Å². The molecule has 3 rings (SSSR count). The van der Waals surface area contributed by atoms with Gasteiger partial charge in [0, 0.05) is 30.6 Å². The van der Waals surface area contributed by atoms with Gasteiger partial charge in [-0.2, -0.15) is 0 Å². The molecular formula is C23H21ClFN3O. The summed E-state index contributed by atoms with van der Waals surface area (Å²) in [7, 11) is 0. The maximum absolute atomic E-state index is 13.1. The van der Waals surface area contributed by atoms with E-state index in [4.69, 9.17) is 17.3 Å². The standard InChI is InChI=1S/C23H21ClFN3O/c1-15(28-22(29)10-8-17-7-9-19(25)13-21(17)24)20-6-2-5-18(23(20)26)12-16-4-3-11-27-14-16/h2-11,13-15H,12,26H2,1H3,(H,28,29)/t15-/m0/s1. The molecule has 0 unspecified atom stereocenters. The van der Waals surface area contributed by atoms with Crippen LogP contribution in [0.3, 0.4) is 0 Å². The number of halogens is 2. The fourth-order valence-electron chi connectivity index (χ4n) is 3.03. The molecule has 0 aliphatic carbocycles. The number of nitrogen functional groups attached to an aromatic ring is 1. The van der Waals surface area contributed by atoms with Crippen LogP contribution in [0.2, 0.25) is 5.02 Å². The molecule has 1 amide bonds. The van der Waals surface area contributed by atoms with Gasteiger partial charge in [0.15, 0.2) is 0 Å². The van der Waals surface area contributed by atoms with Crippen molar-refractivity contribution in [2.75, 3.05) is 5.73 Å². The minimum absolute atomic E-state index is 0.245. The van der Waals surface area contributed by atoms with Gasteiger partial charge in [-0.25, -0.2) is 4.39 Å². The van der Waals surface area contributed by atoms with E-state index in [9.17, 15) is 9.18 Å². The number of nitrogens with two attached hydrogens (primary N) is 1. The van der Waals surface area contributed by atoms with Crippen LogP contribution in [-0.2, 0) is 11.2 Å². The molecule has 4 nitrogen and oxygen atoms in total. The SMILES string of the molecule is C[C@H](NC(=O)C=Cc1ccc(F)cc1Cl)c1cccc(Cc2cccnc2)c1N. The lowest BCUT2D eigenvalue weighted by Crippen LogP contribution is -2.25. The summed E-state index contributed by atoms with van der Waals surface area (Å²) in [5, 5.41) is 3.14. The van der Waals surface area contributed by atoms with Crippen molar-refractivity contribution in [3.8, 4) is 0 Å². The van der Waals surface area contributed by atoms with Crippen molar-refractivity contribution in [1.29, 1.82) is 0 Å². The van der Waals surface area contributed by atoms with E-state index < -0.39 is 5.82 Å². The highest BCUT2D eigenvalue weighted by atomic mass is 35.5. The van der Waals surface area contributed by atoms with E-state index in [1.165, 1.54) is 24.3 Å². The molecule has 0 radical (unpaired) electrons. The van der Waals surface area contributed by atoms with Gasteiger partial charge in [-0.1, -0.05) is 41.9 Å². The smallest absolute Gasteiger partial charge is 0.244 e. The first-order valence-electron chi connectivity index (χ1n) is 9.14. The summed E-state index contributed by atoms with van der Waals surface area (Å²) in [6, 6.07) is 13.4. The third kappa shape index (κ3) is 5.42. The van der Waals surface area contributed by atoms with Crippen LogP contribution in [0.15, 0.2) is 67.0 Å². The number of aromatic nitrogens is 1. The first-order chi connectivity index (χ1) is 13.9. The van der Waals surface area contributed by atoms with E-state index in [-0.39, 0.29) is 17.0 Å². The molecule has 0 aliphatic rings. The molecule has 3 aromatic rings. The Bertz CT molecular complexity index is 1040. The third-order valence-electron chi connectivity index (χ3n) is 4.55. The molecule has 0 fully saturated rings. The molecule has 0 spiro atoms. The van der Waals surface area contributed by atoms with Crippen LogP contribution in [0.5, 0.6) is 0 Å². The zero-order valence-corrected chi connectivity index (χ0v) is 16.7. The van der Waals surface area contributed by atoms with E-state index in [0.29, 0.717) is 17.7 Å². The summed E-state index contributed by atoms with van der Waals surface area (Å²) in [6.45, 7) is 1.87. The van der Waals surface area contributed by atoms with Crippen molar-refractivity contribution < 1.29 is 9.18 Å². The molecule has 29 heavy (non-hydrogen) atoms. The number of hydrogen-bond donors (Lipinski definition) is 2. The topological polar surface area (TPSA) is 68.0 Å². The Morgan fingerprint density at radius 2 is 2.10 bits per heavy atom. The molecule has 0 saturated heterocycles. The normalized spacial score (nSPS) is 12.1. The average Bonchev–Trinajstić information content (AvgIpc) is 2.69. The van der Waals surface area contributed by atoms with Gasteiger partial charge in [0.2, 0.25) is 5.91 Å². The quantitative estimate of drug-likeness (QED) is 0.447. The Kier molecular flexibility index (Phi) is 6.62. The highest BCUT2D eigenvalue weighted by Gasteiger charge is 2.13. The number of nitrogens with one attached hydrogen (secondary N) is 1. The molecule has 1 heterocycles. The number of carbonyl (C=O) groups is 1. The summed E-state index contributed by atoms with van der Waals surface area (Å²) in [4.78, 5) is 16.4. The van der Waals surface area contributed by atoms with E-state index in [0.717, 1.165) is 16.7 Å². The number of hydrogen-bond acceptors (Lipinski definition) is 3.